The number of nitrogens with two attached hydrogens (primary N) is 1. The summed E-state index contributed by atoms with van der Waals surface area (Å²) in [6.45, 7) is 1.68. The van der Waals surface area contributed by atoms with Crippen LogP contribution in [0.2, 0.25) is 0 Å². The van der Waals surface area contributed by atoms with Crippen molar-refractivity contribution in [3.8, 4) is 0 Å². The summed E-state index contributed by atoms with van der Waals surface area (Å²) in [6, 6.07) is 1.56. The second kappa shape index (κ2) is 3.86. The van der Waals surface area contributed by atoms with E-state index in [2.05, 4.69) is 5.32 Å². The zero-order valence-corrected chi connectivity index (χ0v) is 11.2. The molecule has 1 saturated carbocycles. The number of carbonyl (C=O) groups excluding carboxylic acids is 2. The van der Waals surface area contributed by atoms with Crippen molar-refractivity contribution < 1.29 is 9.59 Å². The van der Waals surface area contributed by atoms with E-state index >= 15 is 0 Å². The van der Waals surface area contributed by atoms with E-state index in [1.165, 1.54) is 11.3 Å². The third-order valence-electron chi connectivity index (χ3n) is 2.92. The Hall–Kier alpha value is -0.780. The molecule has 2 amide bonds. The van der Waals surface area contributed by atoms with Gasteiger partial charge in [-0.25, -0.2) is 0 Å². The number of thiophene rings is 1. The number of carbonyl (C=O) groups is 2. The van der Waals surface area contributed by atoms with Crippen molar-refractivity contribution in [3.63, 3.8) is 0 Å². The summed E-state index contributed by atoms with van der Waals surface area (Å²) in [5.74, 6) is -0.877. The number of primary amides is 1. The van der Waals surface area contributed by atoms with E-state index < -0.39 is 15.7 Å². The molecule has 1 aromatic rings. The van der Waals surface area contributed by atoms with Crippen LogP contribution in [0, 0.1) is 5.41 Å². The van der Waals surface area contributed by atoms with Crippen molar-refractivity contribution in [1.29, 1.82) is 0 Å². The zero-order valence-electron chi connectivity index (χ0n) is 8.92. The fourth-order valence-corrected chi connectivity index (χ4v) is 2.98. The van der Waals surface area contributed by atoms with Gasteiger partial charge in [0.25, 0.3) is 5.91 Å². The topological polar surface area (TPSA) is 72.2 Å². The molecule has 1 unspecified atom stereocenters. The number of halogens is 2. The van der Waals surface area contributed by atoms with Crippen LogP contribution in [0.5, 0.6) is 0 Å². The van der Waals surface area contributed by atoms with Gasteiger partial charge in [0.1, 0.15) is 9.33 Å². The third kappa shape index (κ3) is 2.03. The molecule has 0 aliphatic heterocycles. The van der Waals surface area contributed by atoms with Crippen LogP contribution in [0.25, 0.3) is 0 Å². The molecule has 0 saturated heterocycles. The van der Waals surface area contributed by atoms with Crippen LogP contribution in [0.3, 0.4) is 0 Å². The molecule has 0 bridgehead atoms. The molecule has 1 fully saturated rings. The largest absolute Gasteiger partial charge is 0.366 e. The minimum Gasteiger partial charge on any atom is -0.366 e. The molecule has 1 aromatic heterocycles. The molecule has 17 heavy (non-hydrogen) atoms. The maximum atomic E-state index is 12.0. The minimum atomic E-state index is -1.03. The third-order valence-corrected chi connectivity index (χ3v) is 4.85. The number of hydrogen-bond acceptors (Lipinski definition) is 3. The molecule has 1 aliphatic rings. The molecular weight excluding hydrogens is 283 g/mol. The molecule has 1 aliphatic carbocycles. The highest BCUT2D eigenvalue weighted by Gasteiger charge is 2.68. The normalized spacial score (nSPS) is 25.4. The maximum Gasteiger partial charge on any atom is 0.251 e. The van der Waals surface area contributed by atoms with Gasteiger partial charge in [-0.1, -0.05) is 0 Å². The second-order valence-electron chi connectivity index (χ2n) is 4.20. The van der Waals surface area contributed by atoms with E-state index in [4.69, 9.17) is 28.9 Å². The Balaban J connectivity index is 2.15. The average molecular weight is 293 g/mol. The summed E-state index contributed by atoms with van der Waals surface area (Å²) in [5, 5.41) is 4.75. The van der Waals surface area contributed by atoms with Crippen molar-refractivity contribution in [3.05, 3.63) is 17.0 Å². The lowest BCUT2D eigenvalue weighted by Gasteiger charge is -2.12. The van der Waals surface area contributed by atoms with Gasteiger partial charge >= 0.3 is 0 Å². The Kier molecular flexibility index (Phi) is 2.88. The van der Waals surface area contributed by atoms with E-state index in [0.29, 0.717) is 17.0 Å². The first-order valence-corrected chi connectivity index (χ1v) is 6.48. The van der Waals surface area contributed by atoms with Gasteiger partial charge in [-0.05, 0) is 24.8 Å². The van der Waals surface area contributed by atoms with Crippen LogP contribution in [0.15, 0.2) is 11.4 Å². The van der Waals surface area contributed by atoms with Crippen LogP contribution in [-0.4, -0.2) is 16.1 Å². The highest BCUT2D eigenvalue weighted by atomic mass is 35.5. The number of hydrogen-bond donors (Lipinski definition) is 2. The van der Waals surface area contributed by atoms with Crippen LogP contribution >= 0.6 is 34.5 Å². The molecule has 1 heterocycles. The lowest BCUT2D eigenvalue weighted by molar-refractivity contribution is -0.120. The number of rotatable bonds is 3. The van der Waals surface area contributed by atoms with Crippen molar-refractivity contribution in [2.24, 2.45) is 11.1 Å². The Bertz CT molecular complexity index is 500. The molecular formula is C10H10Cl2N2O2S. The molecule has 4 nitrogen and oxygen atoms in total. The number of alkyl halides is 2. The molecule has 7 heteroatoms. The predicted octanol–water partition coefficient (Wildman–Crippen LogP) is 2.37. The quantitative estimate of drug-likeness (QED) is 0.840. The highest BCUT2D eigenvalue weighted by Crippen LogP contribution is 2.64. The Morgan fingerprint density at radius 1 is 1.53 bits per heavy atom. The molecule has 3 N–H and O–H groups in total. The van der Waals surface area contributed by atoms with Crippen molar-refractivity contribution in [1.82, 2.24) is 0 Å². The summed E-state index contributed by atoms with van der Waals surface area (Å²) >= 11 is 13.0. The summed E-state index contributed by atoms with van der Waals surface area (Å²) in [7, 11) is 0. The number of amides is 2. The summed E-state index contributed by atoms with van der Waals surface area (Å²) in [6.07, 6.45) is 0.395. The average Bonchev–Trinajstić information content (AvgIpc) is 2.62. The highest BCUT2D eigenvalue weighted by molar-refractivity contribution is 7.14. The van der Waals surface area contributed by atoms with Gasteiger partial charge in [-0.15, -0.1) is 34.5 Å². The smallest absolute Gasteiger partial charge is 0.251 e. The number of nitrogens with one attached hydrogen (secondary N) is 1. The van der Waals surface area contributed by atoms with Gasteiger partial charge in [-0.2, -0.15) is 0 Å². The Labute approximate surface area is 112 Å². The maximum absolute atomic E-state index is 12.0. The second-order valence-corrected chi connectivity index (χ2v) is 6.60. The molecule has 2 rings (SSSR count). The predicted molar refractivity (Wildman–Crippen MR) is 68.6 cm³/mol. The lowest BCUT2D eigenvalue weighted by atomic mass is 10.1. The molecule has 0 spiro atoms. The molecule has 0 aromatic carbocycles. The van der Waals surface area contributed by atoms with Crippen molar-refractivity contribution in [2.75, 3.05) is 5.32 Å². The fraction of sp³-hybridized carbons (Fsp3) is 0.400. The van der Waals surface area contributed by atoms with Gasteiger partial charge in [0.05, 0.1) is 11.0 Å². The monoisotopic (exact) mass is 292 g/mol. The Morgan fingerprint density at radius 3 is 2.59 bits per heavy atom. The fourth-order valence-electron chi connectivity index (χ4n) is 1.49. The van der Waals surface area contributed by atoms with Gasteiger partial charge in [0.15, 0.2) is 0 Å². The van der Waals surface area contributed by atoms with Crippen LogP contribution in [-0.2, 0) is 4.79 Å². The first kappa shape index (κ1) is 12.7. The molecule has 0 radical (unpaired) electrons. The van der Waals surface area contributed by atoms with E-state index in [-0.39, 0.29) is 5.91 Å². The molecule has 1 atom stereocenters. The standard InChI is InChI=1S/C10H10Cl2N2O2S/c1-9(4-10(9,11)12)8(16)14-7-5(6(13)15)2-3-17-7/h2-3H,4H2,1H3,(H2,13,15)(H,14,16). The zero-order chi connectivity index (χ0) is 12.8. The van der Waals surface area contributed by atoms with Gasteiger partial charge in [0, 0.05) is 0 Å². The van der Waals surface area contributed by atoms with E-state index in [1.807, 2.05) is 0 Å². The SMILES string of the molecule is CC1(C(=O)Nc2sccc2C(N)=O)CC1(Cl)Cl. The van der Waals surface area contributed by atoms with E-state index in [0.717, 1.165) is 0 Å². The van der Waals surface area contributed by atoms with Gasteiger partial charge < -0.3 is 11.1 Å². The first-order chi connectivity index (χ1) is 7.78. The van der Waals surface area contributed by atoms with E-state index in [1.54, 1.807) is 18.4 Å². The summed E-state index contributed by atoms with van der Waals surface area (Å²) in [4.78, 5) is 23.0. The van der Waals surface area contributed by atoms with Crippen LogP contribution < -0.4 is 11.1 Å². The lowest BCUT2D eigenvalue weighted by Crippen LogP contribution is -2.26. The Morgan fingerprint density at radius 2 is 2.12 bits per heavy atom. The van der Waals surface area contributed by atoms with Gasteiger partial charge in [-0.3, -0.25) is 9.59 Å². The molecule has 92 valence electrons. The first-order valence-electron chi connectivity index (χ1n) is 4.84. The number of anilines is 1. The summed E-state index contributed by atoms with van der Waals surface area (Å²) in [5.41, 5.74) is 4.66. The van der Waals surface area contributed by atoms with Crippen molar-refractivity contribution >= 4 is 51.4 Å². The van der Waals surface area contributed by atoms with Crippen LogP contribution in [0.1, 0.15) is 23.7 Å². The van der Waals surface area contributed by atoms with E-state index in [9.17, 15) is 9.59 Å². The van der Waals surface area contributed by atoms with Gasteiger partial charge in [0.2, 0.25) is 5.91 Å². The van der Waals surface area contributed by atoms with Crippen LogP contribution in [0.4, 0.5) is 5.00 Å². The van der Waals surface area contributed by atoms with Crippen molar-refractivity contribution in [2.45, 2.75) is 17.7 Å². The minimum absolute atomic E-state index is 0.294. The summed E-state index contributed by atoms with van der Waals surface area (Å²) < 4.78 is -1.03.